The number of aromatic nitrogens is 3. The van der Waals surface area contributed by atoms with Gasteiger partial charge in [-0.3, -0.25) is 19.7 Å². The molecule has 7 nitrogen and oxygen atoms in total. The van der Waals surface area contributed by atoms with Gasteiger partial charge in [-0.25, -0.2) is 0 Å². The highest BCUT2D eigenvalue weighted by molar-refractivity contribution is 5.91. The van der Waals surface area contributed by atoms with Crippen molar-refractivity contribution in [2.75, 3.05) is 18.4 Å². The molecule has 0 saturated carbocycles. The molecule has 0 aliphatic carbocycles. The van der Waals surface area contributed by atoms with Crippen LogP contribution in [0.15, 0.2) is 16.7 Å². The topological polar surface area (TPSA) is 76.2 Å². The minimum absolute atomic E-state index is 0.0632. The van der Waals surface area contributed by atoms with E-state index < -0.39 is 0 Å². The number of nitrogens with one attached hydrogen (secondary N) is 1. The van der Waals surface area contributed by atoms with E-state index in [9.17, 15) is 4.79 Å². The van der Waals surface area contributed by atoms with Crippen molar-refractivity contribution in [1.82, 2.24) is 19.8 Å². The van der Waals surface area contributed by atoms with Crippen molar-refractivity contribution < 1.29 is 9.32 Å². The second-order valence-electron chi connectivity index (χ2n) is 7.19. The number of amides is 1. The molecule has 1 fully saturated rings. The molecule has 1 N–H and O–H groups in total. The lowest BCUT2D eigenvalue weighted by molar-refractivity contribution is -0.117. The van der Waals surface area contributed by atoms with Gasteiger partial charge in [0.1, 0.15) is 0 Å². The molecule has 2 aromatic heterocycles. The van der Waals surface area contributed by atoms with Gasteiger partial charge >= 0.3 is 0 Å². The summed E-state index contributed by atoms with van der Waals surface area (Å²) in [5, 5.41) is 11.3. The van der Waals surface area contributed by atoms with E-state index >= 15 is 0 Å². The fourth-order valence-electron chi connectivity index (χ4n) is 3.35. The van der Waals surface area contributed by atoms with Crippen LogP contribution in [-0.2, 0) is 11.3 Å². The summed E-state index contributed by atoms with van der Waals surface area (Å²) in [7, 11) is 0. The van der Waals surface area contributed by atoms with Crippen LogP contribution in [0.25, 0.3) is 0 Å². The van der Waals surface area contributed by atoms with Crippen molar-refractivity contribution in [3.8, 4) is 0 Å². The van der Waals surface area contributed by atoms with E-state index in [4.69, 9.17) is 4.52 Å². The number of anilines is 1. The van der Waals surface area contributed by atoms with Gasteiger partial charge in [-0.15, -0.1) is 0 Å². The third-order valence-electron chi connectivity index (χ3n) is 4.72. The Morgan fingerprint density at radius 1 is 1.40 bits per heavy atom. The molecular formula is C18H27N5O2. The van der Waals surface area contributed by atoms with E-state index in [-0.39, 0.29) is 11.8 Å². The largest absolute Gasteiger partial charge is 0.338 e. The standard InChI is InChI=1S/C18H27N5O2/c1-12(2)16-9-18(25-21-16)19-17(24)11-22-7-5-6-15(22)10-23-14(4)8-13(3)20-23/h8-9,12,15H,5-7,10-11H2,1-4H3,(H,19,24). The normalized spacial score (nSPS) is 18.2. The van der Waals surface area contributed by atoms with Crippen molar-refractivity contribution in [1.29, 1.82) is 0 Å². The molecule has 1 unspecified atom stereocenters. The van der Waals surface area contributed by atoms with Gasteiger partial charge in [0.2, 0.25) is 11.8 Å². The van der Waals surface area contributed by atoms with Gasteiger partial charge in [0.15, 0.2) is 0 Å². The number of rotatable bonds is 6. The number of carbonyl (C=O) groups is 1. The lowest BCUT2D eigenvalue weighted by atomic mass is 10.1. The van der Waals surface area contributed by atoms with E-state index in [0.717, 1.165) is 43.0 Å². The molecule has 3 heterocycles. The highest BCUT2D eigenvalue weighted by Gasteiger charge is 2.27. The quantitative estimate of drug-likeness (QED) is 0.871. The van der Waals surface area contributed by atoms with E-state index in [1.807, 2.05) is 25.5 Å². The Bertz CT molecular complexity index is 734. The Labute approximate surface area is 148 Å². The lowest BCUT2D eigenvalue weighted by Gasteiger charge is -2.24. The zero-order chi connectivity index (χ0) is 18.0. The van der Waals surface area contributed by atoms with Gasteiger partial charge in [-0.2, -0.15) is 5.10 Å². The molecule has 2 aromatic rings. The van der Waals surface area contributed by atoms with Crippen molar-refractivity contribution in [3.63, 3.8) is 0 Å². The van der Waals surface area contributed by atoms with Crippen LogP contribution in [0.5, 0.6) is 0 Å². The van der Waals surface area contributed by atoms with Crippen molar-refractivity contribution >= 4 is 11.8 Å². The Balaban J connectivity index is 1.57. The minimum atomic E-state index is -0.0632. The van der Waals surface area contributed by atoms with Crippen LogP contribution in [0.4, 0.5) is 5.88 Å². The molecule has 0 spiro atoms. The van der Waals surface area contributed by atoms with Gasteiger partial charge in [-0.1, -0.05) is 19.0 Å². The smallest absolute Gasteiger partial charge is 0.240 e. The Morgan fingerprint density at radius 2 is 2.20 bits per heavy atom. The highest BCUT2D eigenvalue weighted by atomic mass is 16.5. The Morgan fingerprint density at radius 3 is 2.84 bits per heavy atom. The first kappa shape index (κ1) is 17.7. The number of nitrogens with zero attached hydrogens (tertiary/aromatic N) is 4. The van der Waals surface area contributed by atoms with Gasteiger partial charge in [0, 0.05) is 17.8 Å². The zero-order valence-corrected chi connectivity index (χ0v) is 15.5. The molecule has 0 radical (unpaired) electrons. The third-order valence-corrected chi connectivity index (χ3v) is 4.72. The third kappa shape index (κ3) is 4.28. The summed E-state index contributed by atoms with van der Waals surface area (Å²) in [5.41, 5.74) is 3.04. The highest BCUT2D eigenvalue weighted by Crippen LogP contribution is 2.20. The molecule has 1 saturated heterocycles. The predicted octanol–water partition coefficient (Wildman–Crippen LogP) is 2.71. The fraction of sp³-hybridized carbons (Fsp3) is 0.611. The second kappa shape index (κ2) is 7.39. The van der Waals surface area contributed by atoms with Crippen molar-refractivity contribution in [2.24, 2.45) is 0 Å². The molecule has 1 aliphatic rings. The summed E-state index contributed by atoms with van der Waals surface area (Å²) in [6.45, 7) is 10.3. The number of hydrogen-bond acceptors (Lipinski definition) is 5. The van der Waals surface area contributed by atoms with Crippen molar-refractivity contribution in [3.05, 3.63) is 29.2 Å². The predicted molar refractivity (Wildman–Crippen MR) is 95.5 cm³/mol. The number of hydrogen-bond donors (Lipinski definition) is 1. The van der Waals surface area contributed by atoms with Crippen LogP contribution in [-0.4, -0.2) is 44.9 Å². The van der Waals surface area contributed by atoms with Crippen molar-refractivity contribution in [2.45, 2.75) is 59.0 Å². The average molecular weight is 345 g/mol. The van der Waals surface area contributed by atoms with Gasteiger partial charge < -0.3 is 4.52 Å². The van der Waals surface area contributed by atoms with E-state index in [1.165, 1.54) is 0 Å². The molecule has 0 bridgehead atoms. The van der Waals surface area contributed by atoms with Crippen LogP contribution >= 0.6 is 0 Å². The average Bonchev–Trinajstić information content (AvgIpc) is 3.22. The molecule has 0 aromatic carbocycles. The summed E-state index contributed by atoms with van der Waals surface area (Å²) in [6.07, 6.45) is 2.20. The number of carbonyl (C=O) groups excluding carboxylic acids is 1. The maximum absolute atomic E-state index is 12.4. The molecular weight excluding hydrogens is 318 g/mol. The van der Waals surface area contributed by atoms with Crippen LogP contribution in [0, 0.1) is 13.8 Å². The summed E-state index contributed by atoms with van der Waals surface area (Å²) in [4.78, 5) is 14.6. The summed E-state index contributed by atoms with van der Waals surface area (Å²) in [5.74, 6) is 0.632. The minimum Gasteiger partial charge on any atom is -0.338 e. The summed E-state index contributed by atoms with van der Waals surface area (Å²) < 4.78 is 7.23. The maximum atomic E-state index is 12.4. The summed E-state index contributed by atoms with van der Waals surface area (Å²) >= 11 is 0. The van der Waals surface area contributed by atoms with Gasteiger partial charge in [-0.05, 0) is 45.2 Å². The SMILES string of the molecule is Cc1cc(C)n(CC2CCCN2CC(=O)Nc2cc(C(C)C)no2)n1. The second-order valence-corrected chi connectivity index (χ2v) is 7.19. The maximum Gasteiger partial charge on any atom is 0.240 e. The Kier molecular flexibility index (Phi) is 5.22. The first-order valence-corrected chi connectivity index (χ1v) is 8.94. The monoisotopic (exact) mass is 345 g/mol. The summed E-state index contributed by atoms with van der Waals surface area (Å²) in [6, 6.07) is 4.21. The van der Waals surface area contributed by atoms with Crippen LogP contribution in [0.3, 0.4) is 0 Å². The van der Waals surface area contributed by atoms with E-state index in [1.54, 1.807) is 6.07 Å². The molecule has 1 aliphatic heterocycles. The number of likely N-dealkylation sites (tertiary alicyclic amines) is 1. The van der Waals surface area contributed by atoms with E-state index in [0.29, 0.717) is 18.5 Å². The van der Waals surface area contributed by atoms with E-state index in [2.05, 4.69) is 33.5 Å². The fourth-order valence-corrected chi connectivity index (χ4v) is 3.35. The van der Waals surface area contributed by atoms with Crippen LogP contribution in [0.1, 0.15) is 49.7 Å². The lowest BCUT2D eigenvalue weighted by Crippen LogP contribution is -2.39. The molecule has 25 heavy (non-hydrogen) atoms. The van der Waals surface area contributed by atoms with Gasteiger partial charge in [0.25, 0.3) is 0 Å². The number of aryl methyl sites for hydroxylation is 2. The molecule has 136 valence electrons. The van der Waals surface area contributed by atoms with Crippen LogP contribution in [0.2, 0.25) is 0 Å². The molecule has 3 rings (SSSR count). The van der Waals surface area contributed by atoms with Crippen LogP contribution < -0.4 is 5.32 Å². The first-order valence-electron chi connectivity index (χ1n) is 8.94. The zero-order valence-electron chi connectivity index (χ0n) is 15.5. The first-order chi connectivity index (χ1) is 11.9. The molecule has 1 amide bonds. The Hall–Kier alpha value is -2.15. The molecule has 7 heteroatoms. The van der Waals surface area contributed by atoms with Gasteiger partial charge in [0.05, 0.1) is 24.5 Å². The molecule has 1 atom stereocenters.